The van der Waals surface area contributed by atoms with Gasteiger partial charge in [-0.25, -0.2) is 9.78 Å². The quantitative estimate of drug-likeness (QED) is 0.748. The summed E-state index contributed by atoms with van der Waals surface area (Å²) in [5, 5.41) is 13.6. The van der Waals surface area contributed by atoms with Crippen LogP contribution in [0.5, 0.6) is 0 Å². The van der Waals surface area contributed by atoms with Crippen LogP contribution in [0.25, 0.3) is 22.4 Å². The summed E-state index contributed by atoms with van der Waals surface area (Å²) in [5.74, 6) is -0.329. The van der Waals surface area contributed by atoms with Gasteiger partial charge < -0.3 is 10.1 Å². The molecule has 0 fully saturated rings. The molecule has 0 bridgehead atoms. The number of nitrogens with one attached hydrogen (secondary N) is 1. The van der Waals surface area contributed by atoms with Gasteiger partial charge in [0.15, 0.2) is 0 Å². The molecule has 0 atom stereocenters. The molecule has 2 aromatic heterocycles. The predicted molar refractivity (Wildman–Crippen MR) is 74.7 cm³/mol. The van der Waals surface area contributed by atoms with E-state index in [4.69, 9.17) is 0 Å². The van der Waals surface area contributed by atoms with Crippen molar-refractivity contribution in [3.63, 3.8) is 0 Å². The molecule has 102 valence electrons. The molecule has 0 amide bonds. The number of carboxylic acids is 1. The van der Waals surface area contributed by atoms with E-state index in [9.17, 15) is 9.90 Å². The Morgan fingerprint density at radius 2 is 2.10 bits per heavy atom. The third-order valence-electron chi connectivity index (χ3n) is 3.49. The second kappa shape index (κ2) is 4.19. The number of aromatic carboxylic acids is 1. The van der Waals surface area contributed by atoms with Gasteiger partial charge in [-0.15, -0.1) is 0 Å². The molecule has 2 N–H and O–H groups in total. The van der Waals surface area contributed by atoms with Gasteiger partial charge in [-0.3, -0.25) is 4.68 Å². The summed E-state index contributed by atoms with van der Waals surface area (Å²) >= 11 is 0. The van der Waals surface area contributed by atoms with Crippen LogP contribution in [-0.4, -0.2) is 30.8 Å². The van der Waals surface area contributed by atoms with Gasteiger partial charge in [0.25, 0.3) is 0 Å². The number of hydrogen-bond donors (Lipinski definition) is 2. The highest BCUT2D eigenvalue weighted by atomic mass is 16.4. The summed E-state index contributed by atoms with van der Waals surface area (Å²) in [4.78, 5) is 18.9. The number of hydrogen-bond acceptors (Lipinski definition) is 3. The van der Waals surface area contributed by atoms with Crippen LogP contribution < -0.4 is 0 Å². The zero-order chi connectivity index (χ0) is 14.4. The highest BCUT2D eigenvalue weighted by Gasteiger charge is 2.18. The summed E-state index contributed by atoms with van der Waals surface area (Å²) in [6.07, 6.45) is 0. The van der Waals surface area contributed by atoms with Crippen LogP contribution in [0.4, 0.5) is 0 Å². The maximum Gasteiger partial charge on any atom is 0.337 e. The summed E-state index contributed by atoms with van der Waals surface area (Å²) < 4.78 is 1.79. The van der Waals surface area contributed by atoms with Gasteiger partial charge in [0.1, 0.15) is 11.3 Å². The summed E-state index contributed by atoms with van der Waals surface area (Å²) in [6, 6.07) is 5.08. The van der Waals surface area contributed by atoms with Crippen molar-refractivity contribution in [2.45, 2.75) is 13.8 Å². The second-order valence-corrected chi connectivity index (χ2v) is 4.76. The van der Waals surface area contributed by atoms with E-state index < -0.39 is 5.97 Å². The minimum absolute atomic E-state index is 0.198. The lowest BCUT2D eigenvalue weighted by Gasteiger charge is -1.96. The van der Waals surface area contributed by atoms with E-state index in [0.29, 0.717) is 16.9 Å². The van der Waals surface area contributed by atoms with E-state index in [1.807, 2.05) is 27.0 Å². The van der Waals surface area contributed by atoms with E-state index in [1.54, 1.807) is 16.8 Å². The molecule has 2 heterocycles. The molecule has 6 heteroatoms. The van der Waals surface area contributed by atoms with Crippen LogP contribution >= 0.6 is 0 Å². The predicted octanol–water partition coefficient (Wildman–Crippen LogP) is 2.28. The van der Waals surface area contributed by atoms with E-state index in [-0.39, 0.29) is 5.56 Å². The Kier molecular flexibility index (Phi) is 2.60. The number of H-pyrrole nitrogens is 1. The first-order valence-electron chi connectivity index (χ1n) is 6.21. The number of aromatic nitrogens is 4. The fourth-order valence-electron chi connectivity index (χ4n) is 2.44. The molecule has 0 radical (unpaired) electrons. The topological polar surface area (TPSA) is 83.8 Å². The third-order valence-corrected chi connectivity index (χ3v) is 3.49. The van der Waals surface area contributed by atoms with Gasteiger partial charge in [0.05, 0.1) is 22.3 Å². The maximum atomic E-state index is 11.2. The number of nitrogens with zero attached hydrogens (tertiary/aromatic N) is 3. The van der Waals surface area contributed by atoms with Crippen LogP contribution in [0.15, 0.2) is 18.2 Å². The van der Waals surface area contributed by atoms with E-state index >= 15 is 0 Å². The van der Waals surface area contributed by atoms with Gasteiger partial charge in [-0.2, -0.15) is 5.10 Å². The number of fused-ring (bicyclic) bond motifs is 1. The Morgan fingerprint density at radius 1 is 1.35 bits per heavy atom. The fourth-order valence-corrected chi connectivity index (χ4v) is 2.44. The SMILES string of the molecule is Cc1nn(C)c(C)c1-c1nc2c(C(=O)O)cccc2[nH]1. The Morgan fingerprint density at radius 3 is 2.70 bits per heavy atom. The second-order valence-electron chi connectivity index (χ2n) is 4.76. The van der Waals surface area contributed by atoms with Gasteiger partial charge in [0, 0.05) is 12.7 Å². The largest absolute Gasteiger partial charge is 0.478 e. The van der Waals surface area contributed by atoms with Gasteiger partial charge in [-0.05, 0) is 26.0 Å². The van der Waals surface area contributed by atoms with Crippen molar-refractivity contribution >= 4 is 17.0 Å². The molecule has 0 saturated carbocycles. The molecule has 0 aliphatic carbocycles. The molecular weight excluding hydrogens is 256 g/mol. The first-order valence-corrected chi connectivity index (χ1v) is 6.21. The van der Waals surface area contributed by atoms with Gasteiger partial charge in [0.2, 0.25) is 0 Å². The Labute approximate surface area is 115 Å². The van der Waals surface area contributed by atoms with Crippen molar-refractivity contribution in [1.82, 2.24) is 19.7 Å². The minimum Gasteiger partial charge on any atom is -0.478 e. The van der Waals surface area contributed by atoms with Crippen LogP contribution in [0.1, 0.15) is 21.7 Å². The molecule has 0 saturated heterocycles. The summed E-state index contributed by atoms with van der Waals surface area (Å²) in [6.45, 7) is 3.87. The molecule has 0 aliphatic heterocycles. The molecule has 20 heavy (non-hydrogen) atoms. The van der Waals surface area contributed by atoms with Crippen molar-refractivity contribution in [2.24, 2.45) is 7.05 Å². The van der Waals surface area contributed by atoms with Crippen LogP contribution in [0.3, 0.4) is 0 Å². The van der Waals surface area contributed by atoms with Crippen LogP contribution in [0.2, 0.25) is 0 Å². The van der Waals surface area contributed by atoms with Crippen LogP contribution in [-0.2, 0) is 7.05 Å². The van der Waals surface area contributed by atoms with E-state index in [2.05, 4.69) is 15.1 Å². The highest BCUT2D eigenvalue weighted by molar-refractivity contribution is 6.01. The van der Waals surface area contributed by atoms with Crippen LogP contribution in [0, 0.1) is 13.8 Å². The molecule has 3 rings (SSSR count). The van der Waals surface area contributed by atoms with Gasteiger partial charge >= 0.3 is 5.97 Å². The molecule has 0 unspecified atom stereocenters. The first kappa shape index (κ1) is 12.4. The lowest BCUT2D eigenvalue weighted by molar-refractivity contribution is 0.0699. The zero-order valence-corrected chi connectivity index (χ0v) is 11.4. The monoisotopic (exact) mass is 270 g/mol. The molecule has 6 nitrogen and oxygen atoms in total. The highest BCUT2D eigenvalue weighted by Crippen LogP contribution is 2.27. The van der Waals surface area contributed by atoms with Crippen molar-refractivity contribution in [2.75, 3.05) is 0 Å². The fraction of sp³-hybridized carbons (Fsp3) is 0.214. The smallest absolute Gasteiger partial charge is 0.337 e. The number of aryl methyl sites for hydroxylation is 2. The van der Waals surface area contributed by atoms with E-state index in [1.165, 1.54) is 0 Å². The normalized spacial score (nSPS) is 11.2. The van der Waals surface area contributed by atoms with E-state index in [0.717, 1.165) is 17.0 Å². The number of carbonyl (C=O) groups is 1. The number of para-hydroxylation sites is 1. The van der Waals surface area contributed by atoms with Crippen molar-refractivity contribution in [3.8, 4) is 11.4 Å². The average molecular weight is 270 g/mol. The number of benzene rings is 1. The van der Waals surface area contributed by atoms with Crippen molar-refractivity contribution in [3.05, 3.63) is 35.2 Å². The molecule has 3 aromatic rings. The standard InChI is InChI=1S/C14H14N4O2/c1-7-11(8(2)18(3)17-7)13-15-10-6-4-5-9(14(19)20)12(10)16-13/h4-6H,1-3H3,(H,15,16)(H,19,20). The van der Waals surface area contributed by atoms with Gasteiger partial charge in [-0.1, -0.05) is 6.07 Å². The minimum atomic E-state index is -0.978. The lowest BCUT2D eigenvalue weighted by atomic mass is 10.2. The number of imidazole rings is 1. The molecule has 0 spiro atoms. The third kappa shape index (κ3) is 1.69. The Bertz CT molecular complexity index is 829. The molecule has 0 aliphatic rings. The summed E-state index contributed by atoms with van der Waals surface area (Å²) in [5.41, 5.74) is 4.14. The maximum absolute atomic E-state index is 11.2. The lowest BCUT2D eigenvalue weighted by Crippen LogP contribution is -1.96. The number of carboxylic acid groups (broad SMARTS) is 1. The van der Waals surface area contributed by atoms with Crippen molar-refractivity contribution in [1.29, 1.82) is 0 Å². The Balaban J connectivity index is 2.29. The van der Waals surface area contributed by atoms with Crippen molar-refractivity contribution < 1.29 is 9.90 Å². The number of aromatic amines is 1. The first-order chi connectivity index (χ1) is 9.49. The zero-order valence-electron chi connectivity index (χ0n) is 11.4. The molecular formula is C14H14N4O2. The number of rotatable bonds is 2. The molecule has 1 aromatic carbocycles. The summed E-state index contributed by atoms with van der Waals surface area (Å²) in [7, 11) is 1.87. The average Bonchev–Trinajstić information content (AvgIpc) is 2.90. The Hall–Kier alpha value is -2.63.